The number of aromatic nitrogens is 1. The quantitative estimate of drug-likeness (QED) is 0.900. The molecule has 2 heterocycles. The molecule has 0 aliphatic carbocycles. The molecule has 2 aromatic rings. The fraction of sp³-hybridized carbons (Fsp3) is 0.412. The van der Waals surface area contributed by atoms with Crippen LogP contribution in [0.5, 0.6) is 5.75 Å². The van der Waals surface area contributed by atoms with Crippen LogP contribution in [0.1, 0.15) is 6.92 Å². The van der Waals surface area contributed by atoms with E-state index in [9.17, 15) is 4.79 Å². The highest BCUT2D eigenvalue weighted by molar-refractivity contribution is 7.14. The number of rotatable bonds is 5. The van der Waals surface area contributed by atoms with Gasteiger partial charge in [-0.15, -0.1) is 11.3 Å². The molecule has 0 spiro atoms. The van der Waals surface area contributed by atoms with Gasteiger partial charge in [-0.3, -0.25) is 9.69 Å². The van der Waals surface area contributed by atoms with Crippen molar-refractivity contribution in [2.45, 2.75) is 13.0 Å². The van der Waals surface area contributed by atoms with Crippen LogP contribution in [0.15, 0.2) is 29.6 Å². The third-order valence-electron chi connectivity index (χ3n) is 3.83. The van der Waals surface area contributed by atoms with Crippen molar-refractivity contribution < 1.29 is 14.3 Å². The molecular formula is C17H21N3O3S. The third-order valence-corrected chi connectivity index (χ3v) is 4.59. The topological polar surface area (TPSA) is 63.7 Å². The molecule has 0 unspecified atom stereocenters. The first-order chi connectivity index (χ1) is 11.6. The molecule has 6 nitrogen and oxygen atoms in total. The number of hydrogen-bond donors (Lipinski definition) is 1. The number of nitrogens with zero attached hydrogens (tertiary/aromatic N) is 2. The fourth-order valence-electron chi connectivity index (χ4n) is 2.62. The van der Waals surface area contributed by atoms with Crippen LogP contribution in [0.3, 0.4) is 0 Å². The molecule has 128 valence electrons. The number of methoxy groups -OCH3 is 1. The minimum atomic E-state index is -0.0419. The van der Waals surface area contributed by atoms with Gasteiger partial charge in [0.1, 0.15) is 5.75 Å². The molecule has 0 radical (unpaired) electrons. The van der Waals surface area contributed by atoms with Crippen LogP contribution in [0.2, 0.25) is 0 Å². The van der Waals surface area contributed by atoms with Gasteiger partial charge in [-0.05, 0) is 31.2 Å². The zero-order chi connectivity index (χ0) is 16.9. The maximum atomic E-state index is 12.2. The summed E-state index contributed by atoms with van der Waals surface area (Å²) in [6.07, 6.45) is 0.174. The molecule has 24 heavy (non-hydrogen) atoms. The van der Waals surface area contributed by atoms with Gasteiger partial charge in [0, 0.05) is 24.0 Å². The van der Waals surface area contributed by atoms with Gasteiger partial charge in [0.2, 0.25) is 5.91 Å². The van der Waals surface area contributed by atoms with E-state index in [0.717, 1.165) is 30.1 Å². The Morgan fingerprint density at radius 1 is 1.46 bits per heavy atom. The smallest absolute Gasteiger partial charge is 0.240 e. The number of benzene rings is 1. The van der Waals surface area contributed by atoms with E-state index in [1.165, 1.54) is 11.3 Å². The minimum Gasteiger partial charge on any atom is -0.497 e. The molecule has 1 aromatic carbocycles. The Morgan fingerprint density at radius 3 is 2.96 bits per heavy atom. The molecule has 3 rings (SSSR count). The number of amides is 1. The summed E-state index contributed by atoms with van der Waals surface area (Å²) in [5.41, 5.74) is 1.84. The van der Waals surface area contributed by atoms with Crippen LogP contribution in [-0.2, 0) is 9.53 Å². The fourth-order valence-corrected chi connectivity index (χ4v) is 3.36. The zero-order valence-corrected chi connectivity index (χ0v) is 14.6. The third kappa shape index (κ3) is 4.31. The van der Waals surface area contributed by atoms with Crippen molar-refractivity contribution in [1.29, 1.82) is 0 Å². The maximum absolute atomic E-state index is 12.2. The summed E-state index contributed by atoms with van der Waals surface area (Å²) in [4.78, 5) is 18.8. The van der Waals surface area contributed by atoms with Crippen molar-refractivity contribution in [3.63, 3.8) is 0 Å². The number of hydrogen-bond acceptors (Lipinski definition) is 6. The second-order valence-corrected chi connectivity index (χ2v) is 6.59. The average molecular weight is 347 g/mol. The second-order valence-electron chi connectivity index (χ2n) is 5.73. The Balaban J connectivity index is 1.57. The van der Waals surface area contributed by atoms with E-state index in [0.29, 0.717) is 18.3 Å². The first kappa shape index (κ1) is 16.9. The van der Waals surface area contributed by atoms with Gasteiger partial charge in [-0.25, -0.2) is 4.98 Å². The Morgan fingerprint density at radius 2 is 2.25 bits per heavy atom. The lowest BCUT2D eigenvalue weighted by Gasteiger charge is -2.30. The summed E-state index contributed by atoms with van der Waals surface area (Å²) < 4.78 is 10.6. The van der Waals surface area contributed by atoms with E-state index >= 15 is 0 Å². The van der Waals surface area contributed by atoms with Gasteiger partial charge in [0.25, 0.3) is 0 Å². The average Bonchev–Trinajstić information content (AvgIpc) is 3.03. The van der Waals surface area contributed by atoms with Gasteiger partial charge in [0.05, 0.1) is 32.1 Å². The largest absolute Gasteiger partial charge is 0.497 e. The lowest BCUT2D eigenvalue weighted by atomic mass is 10.2. The highest BCUT2D eigenvalue weighted by atomic mass is 32.1. The Labute approximate surface area is 145 Å². The molecule has 1 atom stereocenters. The monoisotopic (exact) mass is 347 g/mol. The van der Waals surface area contributed by atoms with Crippen molar-refractivity contribution >= 4 is 22.4 Å². The normalized spacial score (nSPS) is 18.3. The molecule has 1 fully saturated rings. The van der Waals surface area contributed by atoms with E-state index in [1.807, 2.05) is 36.6 Å². The Bertz CT molecular complexity index is 687. The van der Waals surface area contributed by atoms with Crippen LogP contribution in [0.25, 0.3) is 11.3 Å². The summed E-state index contributed by atoms with van der Waals surface area (Å²) in [6.45, 7) is 4.62. The van der Waals surface area contributed by atoms with E-state index in [-0.39, 0.29) is 12.0 Å². The summed E-state index contributed by atoms with van der Waals surface area (Å²) in [5.74, 6) is 0.766. The maximum Gasteiger partial charge on any atom is 0.240 e. The number of thiazole rings is 1. The summed E-state index contributed by atoms with van der Waals surface area (Å²) in [7, 11) is 1.64. The first-order valence-electron chi connectivity index (χ1n) is 7.88. The molecule has 1 aromatic heterocycles. The van der Waals surface area contributed by atoms with Gasteiger partial charge < -0.3 is 14.8 Å². The van der Waals surface area contributed by atoms with Crippen molar-refractivity contribution in [3.8, 4) is 17.0 Å². The molecule has 1 N–H and O–H groups in total. The summed E-state index contributed by atoms with van der Waals surface area (Å²) >= 11 is 1.43. The number of nitrogens with one attached hydrogen (secondary N) is 1. The molecule has 1 amide bonds. The van der Waals surface area contributed by atoms with E-state index in [4.69, 9.17) is 9.47 Å². The molecular weight excluding hydrogens is 326 g/mol. The molecule has 1 saturated heterocycles. The van der Waals surface area contributed by atoms with E-state index < -0.39 is 0 Å². The standard InChI is InChI=1S/C17H21N3O3S/c1-12-9-20(7-8-23-12)10-16(21)19-17-18-15(11-24-17)13-3-5-14(22-2)6-4-13/h3-6,11-12H,7-10H2,1-2H3,(H,18,19,21)/t12-/m0/s1. The lowest BCUT2D eigenvalue weighted by Crippen LogP contribution is -2.44. The predicted molar refractivity (Wildman–Crippen MR) is 94.6 cm³/mol. The number of carbonyl (C=O) groups excluding carboxylic acids is 1. The Kier molecular flexibility index (Phi) is 5.44. The Hall–Kier alpha value is -1.96. The van der Waals surface area contributed by atoms with Crippen molar-refractivity contribution in [2.24, 2.45) is 0 Å². The summed E-state index contributed by atoms with van der Waals surface area (Å²) in [5, 5.41) is 5.43. The highest BCUT2D eigenvalue weighted by Crippen LogP contribution is 2.26. The summed E-state index contributed by atoms with van der Waals surface area (Å²) in [6, 6.07) is 7.70. The van der Waals surface area contributed by atoms with Crippen molar-refractivity contribution in [2.75, 3.05) is 38.7 Å². The van der Waals surface area contributed by atoms with Crippen molar-refractivity contribution in [3.05, 3.63) is 29.6 Å². The zero-order valence-electron chi connectivity index (χ0n) is 13.8. The number of anilines is 1. The van der Waals surface area contributed by atoms with Crippen molar-refractivity contribution in [1.82, 2.24) is 9.88 Å². The minimum absolute atomic E-state index is 0.0419. The van der Waals surface area contributed by atoms with Gasteiger partial charge in [-0.2, -0.15) is 0 Å². The second kappa shape index (κ2) is 7.74. The first-order valence-corrected chi connectivity index (χ1v) is 8.76. The van der Waals surface area contributed by atoms with Crippen LogP contribution in [-0.4, -0.2) is 55.2 Å². The van der Waals surface area contributed by atoms with Crippen LogP contribution >= 0.6 is 11.3 Å². The SMILES string of the molecule is COc1ccc(-c2csc(NC(=O)CN3CCO[C@@H](C)C3)n2)cc1. The van der Waals surface area contributed by atoms with Gasteiger partial charge in [-0.1, -0.05) is 0 Å². The van der Waals surface area contributed by atoms with E-state index in [2.05, 4.69) is 15.2 Å². The number of morpholine rings is 1. The van der Waals surface area contributed by atoms with Gasteiger partial charge >= 0.3 is 0 Å². The van der Waals surface area contributed by atoms with E-state index in [1.54, 1.807) is 7.11 Å². The predicted octanol–water partition coefficient (Wildman–Crippen LogP) is 2.48. The van der Waals surface area contributed by atoms with Crippen LogP contribution in [0, 0.1) is 0 Å². The molecule has 1 aliphatic heterocycles. The molecule has 1 aliphatic rings. The number of ether oxygens (including phenoxy) is 2. The molecule has 0 bridgehead atoms. The lowest BCUT2D eigenvalue weighted by molar-refractivity contribution is -0.119. The van der Waals surface area contributed by atoms with Gasteiger partial charge in [0.15, 0.2) is 5.13 Å². The van der Waals surface area contributed by atoms with Crippen LogP contribution in [0.4, 0.5) is 5.13 Å². The highest BCUT2D eigenvalue weighted by Gasteiger charge is 2.19. The molecule has 7 heteroatoms. The van der Waals surface area contributed by atoms with Crippen LogP contribution < -0.4 is 10.1 Å². The molecule has 0 saturated carbocycles. The number of carbonyl (C=O) groups is 1.